The number of likely N-dealkylation sites (tertiary alicyclic amines) is 1. The molecule has 36 heavy (non-hydrogen) atoms. The molecule has 0 aromatic heterocycles. The topological polar surface area (TPSA) is 104 Å². The Morgan fingerprint density at radius 3 is 2.61 bits per heavy atom. The number of ether oxygens (including phenoxy) is 5. The summed E-state index contributed by atoms with van der Waals surface area (Å²) in [5, 5.41) is 10.7. The second-order valence-corrected chi connectivity index (χ2v) is 8.63. The third kappa shape index (κ3) is 4.83. The third-order valence-corrected chi connectivity index (χ3v) is 6.44. The molecule has 2 heterocycles. The quantitative estimate of drug-likeness (QED) is 0.431. The summed E-state index contributed by atoms with van der Waals surface area (Å²) in [5.74, 6) is 1.03. The van der Waals surface area contributed by atoms with Crippen molar-refractivity contribution in [1.82, 2.24) is 4.90 Å². The van der Waals surface area contributed by atoms with Gasteiger partial charge in [-0.05, 0) is 56.7 Å². The molecule has 2 aliphatic heterocycles. The Morgan fingerprint density at radius 1 is 1.14 bits per heavy atom. The minimum atomic E-state index is -0.300. The summed E-state index contributed by atoms with van der Waals surface area (Å²) in [6.45, 7) is 3.75. The molecule has 2 aromatic carbocycles. The molecule has 192 valence electrons. The summed E-state index contributed by atoms with van der Waals surface area (Å²) >= 11 is 0. The highest BCUT2D eigenvalue weighted by Gasteiger charge is 2.34. The molecule has 1 saturated heterocycles. The van der Waals surface area contributed by atoms with Crippen molar-refractivity contribution >= 4 is 17.8 Å². The predicted octanol–water partition coefficient (Wildman–Crippen LogP) is 3.81. The van der Waals surface area contributed by atoms with Crippen molar-refractivity contribution in [2.24, 2.45) is 5.92 Å². The van der Waals surface area contributed by atoms with Crippen LogP contribution >= 0.6 is 0 Å². The van der Waals surface area contributed by atoms with Crippen LogP contribution in [0.15, 0.2) is 30.0 Å². The average Bonchev–Trinajstić information content (AvgIpc) is 3.20. The number of carbonyl (C=O) groups is 2. The number of esters is 1. The van der Waals surface area contributed by atoms with Crippen LogP contribution in [0.2, 0.25) is 0 Å². The van der Waals surface area contributed by atoms with E-state index in [4.69, 9.17) is 23.7 Å². The van der Waals surface area contributed by atoms with Crippen molar-refractivity contribution < 1.29 is 38.4 Å². The first-order valence-corrected chi connectivity index (χ1v) is 11.9. The van der Waals surface area contributed by atoms with Crippen molar-refractivity contribution in [2.75, 3.05) is 41.0 Å². The van der Waals surface area contributed by atoms with E-state index in [0.717, 1.165) is 19.4 Å². The number of phenols is 1. The van der Waals surface area contributed by atoms with Gasteiger partial charge < -0.3 is 28.8 Å². The highest BCUT2D eigenvalue weighted by Crippen LogP contribution is 2.43. The minimum absolute atomic E-state index is 0.0322. The second-order valence-electron chi connectivity index (χ2n) is 8.63. The summed E-state index contributed by atoms with van der Waals surface area (Å²) in [7, 11) is 4.54. The molecule has 0 amide bonds. The Labute approximate surface area is 210 Å². The summed E-state index contributed by atoms with van der Waals surface area (Å²) in [6.07, 6.45) is 3.19. The number of hydrogen-bond donors (Lipinski definition) is 1. The Bertz CT molecular complexity index is 1190. The fourth-order valence-electron chi connectivity index (χ4n) is 4.70. The van der Waals surface area contributed by atoms with E-state index in [1.165, 1.54) is 27.4 Å². The van der Waals surface area contributed by atoms with E-state index in [2.05, 4.69) is 4.90 Å². The molecule has 9 nitrogen and oxygen atoms in total. The first-order chi connectivity index (χ1) is 17.4. The normalized spacial score (nSPS) is 18.5. The summed E-state index contributed by atoms with van der Waals surface area (Å²) < 4.78 is 27.5. The van der Waals surface area contributed by atoms with Crippen molar-refractivity contribution in [3.05, 3.63) is 46.7 Å². The molecule has 2 aromatic rings. The van der Waals surface area contributed by atoms with Gasteiger partial charge in [0, 0.05) is 18.7 Å². The smallest absolute Gasteiger partial charge is 0.310 e. The summed E-state index contributed by atoms with van der Waals surface area (Å²) in [5.41, 5.74) is 1.45. The van der Waals surface area contributed by atoms with Crippen molar-refractivity contribution in [3.63, 3.8) is 0 Å². The van der Waals surface area contributed by atoms with E-state index in [-0.39, 0.29) is 29.2 Å². The minimum Gasteiger partial charge on any atom is -0.507 e. The maximum absolute atomic E-state index is 13.2. The Hall–Kier alpha value is -3.72. The van der Waals surface area contributed by atoms with E-state index in [0.29, 0.717) is 59.4 Å². The number of aromatic hydroxyl groups is 1. The van der Waals surface area contributed by atoms with Crippen LogP contribution in [0.3, 0.4) is 0 Å². The van der Waals surface area contributed by atoms with Crippen LogP contribution in [-0.4, -0.2) is 62.8 Å². The van der Waals surface area contributed by atoms with Gasteiger partial charge in [-0.1, -0.05) is 0 Å². The van der Waals surface area contributed by atoms with Crippen LogP contribution in [0.5, 0.6) is 28.7 Å². The molecule has 0 radical (unpaired) electrons. The summed E-state index contributed by atoms with van der Waals surface area (Å²) in [6, 6.07) is 6.52. The third-order valence-electron chi connectivity index (χ3n) is 6.44. The average molecular weight is 498 g/mol. The van der Waals surface area contributed by atoms with Crippen molar-refractivity contribution in [3.8, 4) is 28.7 Å². The lowest BCUT2D eigenvalue weighted by atomic mass is 9.97. The highest BCUT2D eigenvalue weighted by molar-refractivity contribution is 6.15. The van der Waals surface area contributed by atoms with Gasteiger partial charge >= 0.3 is 5.97 Å². The predicted molar refractivity (Wildman–Crippen MR) is 132 cm³/mol. The molecule has 1 atom stereocenters. The van der Waals surface area contributed by atoms with Crippen LogP contribution in [0, 0.1) is 5.92 Å². The van der Waals surface area contributed by atoms with Gasteiger partial charge in [-0.2, -0.15) is 0 Å². The van der Waals surface area contributed by atoms with Crippen LogP contribution in [0.1, 0.15) is 41.3 Å². The number of carbonyl (C=O) groups excluding carboxylic acids is 2. The second kappa shape index (κ2) is 10.9. The van der Waals surface area contributed by atoms with E-state index in [1.807, 2.05) is 0 Å². The molecular weight excluding hydrogens is 466 g/mol. The molecule has 1 fully saturated rings. The lowest BCUT2D eigenvalue weighted by Gasteiger charge is -2.31. The van der Waals surface area contributed by atoms with Crippen LogP contribution in [0.4, 0.5) is 0 Å². The Kier molecular flexibility index (Phi) is 7.69. The maximum Gasteiger partial charge on any atom is 0.310 e. The van der Waals surface area contributed by atoms with Gasteiger partial charge in [0.05, 0.1) is 45.0 Å². The molecule has 1 unspecified atom stereocenters. The number of fused-ring (bicyclic) bond motifs is 1. The van der Waals surface area contributed by atoms with Gasteiger partial charge in [0.1, 0.15) is 11.5 Å². The Balaban J connectivity index is 1.62. The lowest BCUT2D eigenvalue weighted by molar-refractivity contribution is -0.150. The first kappa shape index (κ1) is 25.4. The van der Waals surface area contributed by atoms with Crippen LogP contribution < -0.4 is 18.9 Å². The number of Topliss-reactive ketones (excluding diaryl/α,β-unsaturated/α-hetero) is 1. The molecule has 2 aliphatic rings. The highest BCUT2D eigenvalue weighted by atomic mass is 16.5. The van der Waals surface area contributed by atoms with E-state index in [1.54, 1.807) is 31.2 Å². The fourth-order valence-corrected chi connectivity index (χ4v) is 4.70. The molecule has 4 rings (SSSR count). The Morgan fingerprint density at radius 2 is 1.92 bits per heavy atom. The number of allylic oxidation sites excluding steroid dienone is 1. The molecule has 9 heteroatoms. The molecule has 0 aliphatic carbocycles. The van der Waals surface area contributed by atoms with Gasteiger partial charge in [0.25, 0.3) is 0 Å². The number of ketones is 1. The molecule has 0 saturated carbocycles. The number of hydrogen-bond acceptors (Lipinski definition) is 9. The van der Waals surface area contributed by atoms with Gasteiger partial charge in [-0.25, -0.2) is 0 Å². The zero-order chi connectivity index (χ0) is 25.8. The number of nitrogens with zero attached hydrogens (tertiary/aromatic N) is 1. The van der Waals surface area contributed by atoms with Crippen molar-refractivity contribution in [2.45, 2.75) is 26.3 Å². The van der Waals surface area contributed by atoms with Crippen LogP contribution in [0.25, 0.3) is 6.08 Å². The molecule has 0 bridgehead atoms. The molecular formula is C27H31NO8. The molecule has 0 spiro atoms. The monoisotopic (exact) mass is 497 g/mol. The zero-order valence-corrected chi connectivity index (χ0v) is 21.0. The number of piperidine rings is 1. The van der Waals surface area contributed by atoms with Gasteiger partial charge in [0.15, 0.2) is 17.3 Å². The van der Waals surface area contributed by atoms with E-state index >= 15 is 0 Å². The maximum atomic E-state index is 13.2. The van der Waals surface area contributed by atoms with Crippen LogP contribution in [-0.2, 0) is 16.1 Å². The van der Waals surface area contributed by atoms with E-state index in [9.17, 15) is 14.7 Å². The first-order valence-electron chi connectivity index (χ1n) is 11.9. The zero-order valence-electron chi connectivity index (χ0n) is 21.0. The fraction of sp³-hybridized carbons (Fsp3) is 0.407. The SMILES string of the molecule is CCOC(=O)C1CCCN(Cc2c(O)ccc3c2O/C(=C\c2ccc(OC)c(OC)c2OC)C3=O)C1. The number of rotatable bonds is 8. The van der Waals surface area contributed by atoms with Gasteiger partial charge in [-0.3, -0.25) is 14.5 Å². The molecule has 1 N–H and O–H groups in total. The largest absolute Gasteiger partial charge is 0.507 e. The number of benzene rings is 2. The van der Waals surface area contributed by atoms with Gasteiger partial charge in [-0.15, -0.1) is 0 Å². The standard InChI is InChI=1S/C27H31NO8/c1-5-35-27(31)17-7-6-12-28(14-17)15-19-20(29)10-9-18-23(30)22(36-25(18)19)13-16-8-11-21(32-2)26(34-4)24(16)33-3/h8-11,13,17,29H,5-7,12,14-15H2,1-4H3/b22-13-. The van der Waals surface area contributed by atoms with Crippen molar-refractivity contribution in [1.29, 1.82) is 0 Å². The van der Waals surface area contributed by atoms with E-state index < -0.39 is 0 Å². The lowest BCUT2D eigenvalue weighted by Crippen LogP contribution is -2.39. The summed E-state index contributed by atoms with van der Waals surface area (Å²) in [4.78, 5) is 27.5. The van der Waals surface area contributed by atoms with Gasteiger partial charge in [0.2, 0.25) is 11.5 Å². The number of methoxy groups -OCH3 is 3. The number of phenolic OH excluding ortho intramolecular Hbond substituents is 1.